The smallest absolute Gasteiger partial charge is 0.0666 e. The minimum Gasteiger partial charge on any atom is -0.375 e. The van der Waals surface area contributed by atoms with E-state index < -0.39 is 0 Å². The Balaban J connectivity index is 2.62. The Morgan fingerprint density at radius 1 is 1.50 bits per heavy atom. The van der Waals surface area contributed by atoms with Crippen LogP contribution >= 0.6 is 0 Å². The Hall–Kier alpha value is -0.970. The highest BCUT2D eigenvalue weighted by Gasteiger charge is 2.15. The van der Waals surface area contributed by atoms with Crippen molar-refractivity contribution in [2.24, 2.45) is 0 Å². The number of hydrogen-bond acceptors (Lipinski definition) is 2. The third kappa shape index (κ3) is 1.79. The summed E-state index contributed by atoms with van der Waals surface area (Å²) in [5.74, 6) is 0. The normalized spacial score (nSPS) is 17.9. The highest BCUT2D eigenvalue weighted by atomic mass is 15.2. The van der Waals surface area contributed by atoms with E-state index in [0.29, 0.717) is 6.42 Å². The van der Waals surface area contributed by atoms with Crippen LogP contribution in [0.4, 0.5) is 0 Å². The van der Waals surface area contributed by atoms with Crippen molar-refractivity contribution in [1.82, 2.24) is 4.90 Å². The fourth-order valence-electron chi connectivity index (χ4n) is 1.48. The largest absolute Gasteiger partial charge is 0.375 e. The Bertz CT molecular complexity index is 218. The molecule has 2 nitrogen and oxygen atoms in total. The Kier molecular flexibility index (Phi) is 3.16. The zero-order valence-electron chi connectivity index (χ0n) is 7.93. The molecule has 66 valence electrons. The second kappa shape index (κ2) is 4.15. The van der Waals surface area contributed by atoms with Crippen LogP contribution in [0.3, 0.4) is 0 Å². The maximum Gasteiger partial charge on any atom is 0.0666 e. The first-order valence-corrected chi connectivity index (χ1v) is 4.60. The molecule has 2 heteroatoms. The van der Waals surface area contributed by atoms with Gasteiger partial charge in [-0.1, -0.05) is 6.92 Å². The minimum atomic E-state index is 0.596. The molecule has 0 N–H and O–H groups in total. The molecule has 1 aliphatic heterocycles. The topological polar surface area (TPSA) is 27.0 Å². The van der Waals surface area contributed by atoms with E-state index in [-0.39, 0.29) is 0 Å². The molecule has 0 amide bonds. The lowest BCUT2D eigenvalue weighted by Crippen LogP contribution is -2.36. The van der Waals surface area contributed by atoms with Crippen LogP contribution in [0.2, 0.25) is 0 Å². The molecule has 1 heterocycles. The number of nitriles is 1. The van der Waals surface area contributed by atoms with E-state index in [1.54, 1.807) is 0 Å². The lowest BCUT2D eigenvalue weighted by atomic mass is 10.1. The van der Waals surface area contributed by atoms with Gasteiger partial charge in [0.1, 0.15) is 0 Å². The molecular weight excluding hydrogens is 148 g/mol. The van der Waals surface area contributed by atoms with E-state index in [2.05, 4.69) is 24.8 Å². The monoisotopic (exact) mass is 164 g/mol. The molecule has 0 radical (unpaired) electrons. The third-order valence-corrected chi connectivity index (χ3v) is 2.56. The van der Waals surface area contributed by atoms with Gasteiger partial charge in [0, 0.05) is 18.8 Å². The van der Waals surface area contributed by atoms with Gasteiger partial charge in [0.05, 0.1) is 12.5 Å². The number of rotatable bonds is 3. The second-order valence-electron chi connectivity index (χ2n) is 3.22. The third-order valence-electron chi connectivity index (χ3n) is 2.56. The summed E-state index contributed by atoms with van der Waals surface area (Å²) in [4.78, 5) is 2.36. The molecule has 0 saturated carbocycles. The first kappa shape index (κ1) is 9.12. The van der Waals surface area contributed by atoms with E-state index in [1.807, 2.05) is 0 Å². The Labute approximate surface area is 74.5 Å². The first-order valence-electron chi connectivity index (χ1n) is 4.60. The first-order chi connectivity index (χ1) is 5.79. The zero-order chi connectivity index (χ0) is 8.97. The van der Waals surface area contributed by atoms with E-state index in [9.17, 15) is 0 Å². The molecule has 0 aromatic heterocycles. The number of hydrogen-bond donors (Lipinski definition) is 0. The van der Waals surface area contributed by atoms with Gasteiger partial charge in [-0.3, -0.25) is 0 Å². The maximum absolute atomic E-state index is 8.59. The molecule has 0 spiro atoms. The average molecular weight is 164 g/mol. The maximum atomic E-state index is 8.59. The van der Waals surface area contributed by atoms with Crippen molar-refractivity contribution in [3.05, 3.63) is 11.3 Å². The van der Waals surface area contributed by atoms with Crippen molar-refractivity contribution in [3.8, 4) is 6.07 Å². The van der Waals surface area contributed by atoms with Crippen molar-refractivity contribution in [3.63, 3.8) is 0 Å². The molecule has 1 saturated heterocycles. The summed E-state index contributed by atoms with van der Waals surface area (Å²) in [6.45, 7) is 6.62. The van der Waals surface area contributed by atoms with Crippen molar-refractivity contribution in [2.75, 3.05) is 13.1 Å². The summed E-state index contributed by atoms with van der Waals surface area (Å²) >= 11 is 0. The van der Waals surface area contributed by atoms with Crippen LogP contribution in [0.5, 0.6) is 0 Å². The van der Waals surface area contributed by atoms with Crippen molar-refractivity contribution < 1.29 is 0 Å². The molecule has 1 fully saturated rings. The van der Waals surface area contributed by atoms with Crippen molar-refractivity contribution in [1.29, 1.82) is 5.26 Å². The van der Waals surface area contributed by atoms with Crippen LogP contribution in [0.15, 0.2) is 11.3 Å². The summed E-state index contributed by atoms with van der Waals surface area (Å²) in [5.41, 5.74) is 2.64. The summed E-state index contributed by atoms with van der Waals surface area (Å²) < 4.78 is 0. The molecule has 0 aromatic rings. The van der Waals surface area contributed by atoms with Gasteiger partial charge in [-0.2, -0.15) is 5.26 Å². The van der Waals surface area contributed by atoms with E-state index >= 15 is 0 Å². The lowest BCUT2D eigenvalue weighted by molar-refractivity contribution is 0.236. The van der Waals surface area contributed by atoms with Crippen LogP contribution in [0, 0.1) is 11.3 Å². The van der Waals surface area contributed by atoms with Gasteiger partial charge in [-0.05, 0) is 25.3 Å². The summed E-state index contributed by atoms with van der Waals surface area (Å²) in [6, 6.07) is 2.22. The molecule has 0 unspecified atom stereocenters. The molecule has 1 aliphatic rings. The van der Waals surface area contributed by atoms with Crippen LogP contribution < -0.4 is 0 Å². The Morgan fingerprint density at radius 2 is 2.17 bits per heavy atom. The van der Waals surface area contributed by atoms with Crippen LogP contribution in [-0.4, -0.2) is 18.0 Å². The van der Waals surface area contributed by atoms with E-state index in [1.165, 1.54) is 30.8 Å². The second-order valence-corrected chi connectivity index (χ2v) is 3.22. The van der Waals surface area contributed by atoms with Gasteiger partial charge >= 0.3 is 0 Å². The molecule has 12 heavy (non-hydrogen) atoms. The average Bonchev–Trinajstić information content (AvgIpc) is 1.96. The van der Waals surface area contributed by atoms with Crippen LogP contribution in [0.25, 0.3) is 0 Å². The number of likely N-dealkylation sites (tertiary alicyclic amines) is 1. The molecule has 0 aliphatic carbocycles. The summed E-state index contributed by atoms with van der Waals surface area (Å²) in [6.07, 6.45) is 2.91. The fraction of sp³-hybridized carbons (Fsp3) is 0.700. The van der Waals surface area contributed by atoms with Gasteiger partial charge in [0.2, 0.25) is 0 Å². The van der Waals surface area contributed by atoms with Gasteiger partial charge in [0.25, 0.3) is 0 Å². The van der Waals surface area contributed by atoms with Crippen LogP contribution in [-0.2, 0) is 0 Å². The van der Waals surface area contributed by atoms with Gasteiger partial charge < -0.3 is 4.90 Å². The highest BCUT2D eigenvalue weighted by molar-refractivity contribution is 5.16. The van der Waals surface area contributed by atoms with Crippen molar-refractivity contribution in [2.45, 2.75) is 33.1 Å². The van der Waals surface area contributed by atoms with Gasteiger partial charge in [-0.15, -0.1) is 0 Å². The minimum absolute atomic E-state index is 0.596. The number of allylic oxidation sites excluding steroid dienone is 2. The summed E-state index contributed by atoms with van der Waals surface area (Å²) in [7, 11) is 0. The zero-order valence-corrected chi connectivity index (χ0v) is 7.93. The Morgan fingerprint density at radius 3 is 2.50 bits per heavy atom. The van der Waals surface area contributed by atoms with Gasteiger partial charge in [0.15, 0.2) is 0 Å². The molecule has 1 rings (SSSR count). The van der Waals surface area contributed by atoms with E-state index in [4.69, 9.17) is 5.26 Å². The molecule has 0 atom stereocenters. The van der Waals surface area contributed by atoms with Crippen LogP contribution in [0.1, 0.15) is 33.1 Å². The molecule has 0 bridgehead atoms. The standard InChI is InChI=1S/C10H16N2/c1-3-10(5-6-11)9(2)12-7-4-8-12/h3-5,7-8H2,1-2H3/b10-9-. The van der Waals surface area contributed by atoms with Crippen molar-refractivity contribution >= 4 is 0 Å². The predicted octanol–water partition coefficient (Wildman–Crippen LogP) is 2.29. The summed E-state index contributed by atoms with van der Waals surface area (Å²) in [5, 5.41) is 8.59. The quantitative estimate of drug-likeness (QED) is 0.640. The van der Waals surface area contributed by atoms with E-state index in [0.717, 1.165) is 6.42 Å². The van der Waals surface area contributed by atoms with Gasteiger partial charge in [-0.25, -0.2) is 0 Å². The lowest BCUT2D eigenvalue weighted by Gasteiger charge is -2.35. The SMILES string of the molecule is CC/C(CC#N)=C(\C)N1CCC1. The fourth-order valence-corrected chi connectivity index (χ4v) is 1.48. The number of nitrogens with zero attached hydrogens (tertiary/aromatic N) is 2. The predicted molar refractivity (Wildman–Crippen MR) is 49.4 cm³/mol. The molecular formula is C10H16N2. The molecule has 0 aromatic carbocycles. The highest BCUT2D eigenvalue weighted by Crippen LogP contribution is 2.20.